The Morgan fingerprint density at radius 1 is 1.30 bits per heavy atom. The molecule has 23 heavy (non-hydrogen) atoms. The molecule has 5 heteroatoms. The number of benzene rings is 1. The molecule has 0 aromatic heterocycles. The fourth-order valence-corrected chi connectivity index (χ4v) is 3.75. The average Bonchev–Trinajstić information content (AvgIpc) is 3.16. The molecule has 1 saturated carbocycles. The fraction of sp³-hybridized carbons (Fsp3) is 0.611. The highest BCUT2D eigenvalue weighted by atomic mass is 16.5. The summed E-state index contributed by atoms with van der Waals surface area (Å²) in [5.74, 6) is 0. The van der Waals surface area contributed by atoms with Crippen molar-refractivity contribution in [3.8, 4) is 0 Å². The minimum absolute atomic E-state index is 0.0146. The third-order valence-electron chi connectivity index (χ3n) is 5.28. The van der Waals surface area contributed by atoms with Crippen molar-refractivity contribution in [2.75, 3.05) is 13.2 Å². The second-order valence-corrected chi connectivity index (χ2v) is 6.97. The summed E-state index contributed by atoms with van der Waals surface area (Å²) in [6.07, 6.45) is 3.65. The average molecular weight is 318 g/mol. The summed E-state index contributed by atoms with van der Waals surface area (Å²) in [5, 5.41) is 15.7. The molecule has 1 saturated heterocycles. The van der Waals surface area contributed by atoms with E-state index in [2.05, 4.69) is 10.6 Å². The van der Waals surface area contributed by atoms with Crippen LogP contribution in [0.3, 0.4) is 0 Å². The second kappa shape index (κ2) is 6.89. The minimum atomic E-state index is -0.206. The van der Waals surface area contributed by atoms with E-state index in [1.165, 1.54) is 0 Å². The molecule has 3 N–H and O–H groups in total. The van der Waals surface area contributed by atoms with Gasteiger partial charge in [-0.15, -0.1) is 0 Å². The van der Waals surface area contributed by atoms with E-state index in [1.54, 1.807) is 0 Å². The predicted molar refractivity (Wildman–Crippen MR) is 88.0 cm³/mol. The lowest BCUT2D eigenvalue weighted by Gasteiger charge is -2.31. The van der Waals surface area contributed by atoms with E-state index in [9.17, 15) is 9.90 Å². The molecular formula is C18H26N2O3. The van der Waals surface area contributed by atoms with Gasteiger partial charge in [0.2, 0.25) is 0 Å². The first kappa shape index (κ1) is 16.3. The SMILES string of the molecule is CC1(CO)CCCC1NC(=O)NC1CCOC1c1ccccc1. The van der Waals surface area contributed by atoms with Crippen LogP contribution in [-0.4, -0.2) is 36.4 Å². The quantitative estimate of drug-likeness (QED) is 0.798. The highest BCUT2D eigenvalue weighted by Gasteiger charge is 2.40. The van der Waals surface area contributed by atoms with Crippen molar-refractivity contribution in [3.63, 3.8) is 0 Å². The molecule has 1 aliphatic carbocycles. The number of amides is 2. The summed E-state index contributed by atoms with van der Waals surface area (Å²) in [6, 6.07) is 9.87. The third-order valence-corrected chi connectivity index (χ3v) is 5.28. The largest absolute Gasteiger partial charge is 0.396 e. The Bertz CT molecular complexity index is 536. The van der Waals surface area contributed by atoms with E-state index in [0.29, 0.717) is 6.61 Å². The third kappa shape index (κ3) is 3.51. The van der Waals surface area contributed by atoms with E-state index in [1.807, 2.05) is 37.3 Å². The van der Waals surface area contributed by atoms with Gasteiger partial charge in [-0.25, -0.2) is 4.79 Å². The first-order valence-corrected chi connectivity index (χ1v) is 8.47. The molecule has 4 atom stereocenters. The number of carbonyl (C=O) groups is 1. The smallest absolute Gasteiger partial charge is 0.315 e. The van der Waals surface area contributed by atoms with Gasteiger partial charge in [0.25, 0.3) is 0 Å². The molecule has 0 radical (unpaired) electrons. The number of aliphatic hydroxyl groups is 1. The van der Waals surface area contributed by atoms with Crippen LogP contribution in [-0.2, 0) is 4.74 Å². The van der Waals surface area contributed by atoms with Gasteiger partial charge in [0, 0.05) is 18.1 Å². The summed E-state index contributed by atoms with van der Waals surface area (Å²) in [6.45, 7) is 2.80. The van der Waals surface area contributed by atoms with Crippen molar-refractivity contribution in [2.24, 2.45) is 5.41 Å². The standard InChI is InChI=1S/C18H26N2O3/c1-18(12-21)10-5-8-15(18)20-17(22)19-14-9-11-23-16(14)13-6-3-2-4-7-13/h2-4,6-7,14-16,21H,5,8-12H2,1H3,(H2,19,20,22). The Morgan fingerprint density at radius 3 is 2.83 bits per heavy atom. The molecule has 2 aliphatic rings. The van der Waals surface area contributed by atoms with Crippen molar-refractivity contribution in [2.45, 2.75) is 50.8 Å². The Labute approximate surface area is 137 Å². The number of hydrogen-bond donors (Lipinski definition) is 3. The van der Waals surface area contributed by atoms with Crippen LogP contribution in [0.5, 0.6) is 0 Å². The number of rotatable bonds is 4. The van der Waals surface area contributed by atoms with Gasteiger partial charge in [-0.05, 0) is 24.8 Å². The van der Waals surface area contributed by atoms with Gasteiger partial charge in [-0.1, -0.05) is 43.7 Å². The van der Waals surface area contributed by atoms with Crippen molar-refractivity contribution >= 4 is 6.03 Å². The van der Waals surface area contributed by atoms with Gasteiger partial charge in [0.1, 0.15) is 6.10 Å². The maximum atomic E-state index is 12.4. The summed E-state index contributed by atoms with van der Waals surface area (Å²) >= 11 is 0. The molecule has 0 bridgehead atoms. The van der Waals surface area contributed by atoms with E-state index in [-0.39, 0.29) is 36.2 Å². The van der Waals surface area contributed by atoms with Crippen LogP contribution in [0.4, 0.5) is 4.79 Å². The van der Waals surface area contributed by atoms with Crippen LogP contribution in [0.25, 0.3) is 0 Å². The summed E-state index contributed by atoms with van der Waals surface area (Å²) in [7, 11) is 0. The highest BCUT2D eigenvalue weighted by Crippen LogP contribution is 2.37. The minimum Gasteiger partial charge on any atom is -0.396 e. The summed E-state index contributed by atoms with van der Waals surface area (Å²) < 4.78 is 5.80. The summed E-state index contributed by atoms with van der Waals surface area (Å²) in [4.78, 5) is 12.4. The highest BCUT2D eigenvalue weighted by molar-refractivity contribution is 5.75. The number of aliphatic hydroxyl groups excluding tert-OH is 1. The van der Waals surface area contributed by atoms with Gasteiger partial charge in [0.05, 0.1) is 12.6 Å². The van der Waals surface area contributed by atoms with Crippen molar-refractivity contribution in [1.82, 2.24) is 10.6 Å². The van der Waals surface area contributed by atoms with Crippen LogP contribution < -0.4 is 10.6 Å². The Morgan fingerprint density at radius 2 is 2.09 bits per heavy atom. The van der Waals surface area contributed by atoms with Gasteiger partial charge in [-0.2, -0.15) is 0 Å². The molecule has 0 spiro atoms. The lowest BCUT2D eigenvalue weighted by Crippen LogP contribution is -2.51. The first-order chi connectivity index (χ1) is 11.1. The first-order valence-electron chi connectivity index (χ1n) is 8.47. The Hall–Kier alpha value is -1.59. The van der Waals surface area contributed by atoms with Crippen LogP contribution in [0.1, 0.15) is 44.3 Å². The maximum Gasteiger partial charge on any atom is 0.315 e. The fourth-order valence-electron chi connectivity index (χ4n) is 3.75. The second-order valence-electron chi connectivity index (χ2n) is 6.97. The number of ether oxygens (including phenoxy) is 1. The Balaban J connectivity index is 1.59. The van der Waals surface area contributed by atoms with E-state index in [4.69, 9.17) is 4.74 Å². The summed E-state index contributed by atoms with van der Waals surface area (Å²) in [5.41, 5.74) is 0.888. The number of nitrogens with one attached hydrogen (secondary N) is 2. The van der Waals surface area contributed by atoms with Crippen LogP contribution in [0.15, 0.2) is 30.3 Å². The lowest BCUT2D eigenvalue weighted by atomic mass is 9.86. The zero-order valence-corrected chi connectivity index (χ0v) is 13.6. The molecule has 3 rings (SSSR count). The molecule has 5 nitrogen and oxygen atoms in total. The van der Waals surface area contributed by atoms with Crippen molar-refractivity contribution < 1.29 is 14.6 Å². The maximum absolute atomic E-state index is 12.4. The van der Waals surface area contributed by atoms with Crippen molar-refractivity contribution in [1.29, 1.82) is 0 Å². The van der Waals surface area contributed by atoms with Gasteiger partial charge in [-0.3, -0.25) is 0 Å². The lowest BCUT2D eigenvalue weighted by molar-refractivity contribution is 0.0982. The Kier molecular flexibility index (Phi) is 4.87. The van der Waals surface area contributed by atoms with E-state index < -0.39 is 0 Å². The van der Waals surface area contributed by atoms with Crippen LogP contribution >= 0.6 is 0 Å². The molecule has 2 fully saturated rings. The van der Waals surface area contributed by atoms with E-state index >= 15 is 0 Å². The van der Waals surface area contributed by atoms with Gasteiger partial charge < -0.3 is 20.5 Å². The van der Waals surface area contributed by atoms with Crippen molar-refractivity contribution in [3.05, 3.63) is 35.9 Å². The predicted octanol–water partition coefficient (Wildman–Crippen LogP) is 2.37. The van der Waals surface area contributed by atoms with E-state index in [0.717, 1.165) is 31.2 Å². The molecule has 126 valence electrons. The zero-order valence-electron chi connectivity index (χ0n) is 13.6. The monoisotopic (exact) mass is 318 g/mol. The number of urea groups is 1. The van der Waals surface area contributed by atoms with Crippen LogP contribution in [0.2, 0.25) is 0 Å². The topological polar surface area (TPSA) is 70.6 Å². The molecule has 1 aromatic carbocycles. The number of hydrogen-bond acceptors (Lipinski definition) is 3. The molecule has 4 unspecified atom stereocenters. The number of carbonyl (C=O) groups excluding carboxylic acids is 1. The molecule has 2 amide bonds. The van der Waals surface area contributed by atoms with Gasteiger partial charge >= 0.3 is 6.03 Å². The molecule has 1 heterocycles. The normalized spacial score (nSPS) is 33.6. The molecule has 1 aromatic rings. The zero-order chi connectivity index (χ0) is 16.3. The molecule has 1 aliphatic heterocycles. The molecular weight excluding hydrogens is 292 g/mol. The van der Waals surface area contributed by atoms with Crippen LogP contribution in [0, 0.1) is 5.41 Å². The van der Waals surface area contributed by atoms with Gasteiger partial charge in [0.15, 0.2) is 0 Å².